The Hall–Kier alpha value is -2.20. The van der Waals surface area contributed by atoms with Crippen LogP contribution in [0.3, 0.4) is 0 Å². The Morgan fingerprint density at radius 1 is 1.52 bits per heavy atom. The quantitative estimate of drug-likeness (QED) is 0.738. The molecular formula is C16H21N5O2. The molecular weight excluding hydrogens is 294 g/mol. The Morgan fingerprint density at radius 3 is 3.09 bits per heavy atom. The Balaban J connectivity index is 1.39. The van der Waals surface area contributed by atoms with Crippen molar-refractivity contribution in [3.05, 3.63) is 18.0 Å². The van der Waals surface area contributed by atoms with Crippen LogP contribution < -0.4 is 5.32 Å². The van der Waals surface area contributed by atoms with E-state index in [2.05, 4.69) is 26.6 Å². The normalized spacial score (nSPS) is 21.1. The van der Waals surface area contributed by atoms with Crippen molar-refractivity contribution in [2.75, 3.05) is 19.8 Å². The van der Waals surface area contributed by atoms with Gasteiger partial charge in [0.15, 0.2) is 5.66 Å². The van der Waals surface area contributed by atoms with Gasteiger partial charge >= 0.3 is 0 Å². The van der Waals surface area contributed by atoms with Gasteiger partial charge in [-0.25, -0.2) is 0 Å². The Bertz CT molecular complexity index is 619. The maximum atomic E-state index is 12.0. The lowest BCUT2D eigenvalue weighted by Crippen LogP contribution is -2.31. The summed E-state index contributed by atoms with van der Waals surface area (Å²) in [5.74, 6) is 2.94. The molecule has 1 atom stereocenters. The van der Waals surface area contributed by atoms with Crippen molar-refractivity contribution in [2.45, 2.75) is 43.8 Å². The number of carbonyl (C=O) groups is 1. The summed E-state index contributed by atoms with van der Waals surface area (Å²) in [6, 6.07) is 0. The molecule has 122 valence electrons. The fraction of sp³-hybridized carbons (Fsp3) is 0.625. The smallest absolute Gasteiger partial charge is 0.241 e. The van der Waals surface area contributed by atoms with E-state index in [0.717, 1.165) is 31.6 Å². The molecule has 1 N–H and O–H groups in total. The fourth-order valence-corrected chi connectivity index (χ4v) is 2.75. The molecule has 1 unspecified atom stereocenters. The van der Waals surface area contributed by atoms with Gasteiger partial charge in [0.05, 0.1) is 12.8 Å². The lowest BCUT2D eigenvalue weighted by Gasteiger charge is -2.10. The van der Waals surface area contributed by atoms with Crippen LogP contribution in [0.25, 0.3) is 0 Å². The van der Waals surface area contributed by atoms with E-state index in [4.69, 9.17) is 11.2 Å². The molecule has 1 amide bonds. The van der Waals surface area contributed by atoms with Gasteiger partial charge < -0.3 is 10.1 Å². The average molecular weight is 315 g/mol. The third-order valence-electron chi connectivity index (χ3n) is 4.26. The predicted molar refractivity (Wildman–Crippen MR) is 83.7 cm³/mol. The average Bonchev–Trinajstić information content (AvgIpc) is 2.95. The second kappa shape index (κ2) is 6.92. The monoisotopic (exact) mass is 315 g/mol. The number of hydrogen-bond donors (Lipinski definition) is 1. The van der Waals surface area contributed by atoms with Crippen molar-refractivity contribution in [3.8, 4) is 12.3 Å². The van der Waals surface area contributed by atoms with E-state index in [1.807, 2.05) is 12.4 Å². The minimum absolute atomic E-state index is 0.0601. The van der Waals surface area contributed by atoms with Crippen LogP contribution in [0.1, 0.15) is 37.2 Å². The molecule has 2 aliphatic rings. The molecule has 0 radical (unpaired) electrons. The fourth-order valence-electron chi connectivity index (χ4n) is 2.75. The van der Waals surface area contributed by atoms with Crippen molar-refractivity contribution in [1.82, 2.24) is 15.1 Å². The zero-order valence-electron chi connectivity index (χ0n) is 13.1. The number of terminal acetylenes is 1. The Kier molecular flexibility index (Phi) is 4.72. The summed E-state index contributed by atoms with van der Waals surface area (Å²) in [6.45, 7) is 2.30. The number of amides is 1. The summed E-state index contributed by atoms with van der Waals surface area (Å²) in [7, 11) is 0. The number of rotatable bonds is 8. The number of nitrogens with zero attached hydrogens (tertiary/aromatic N) is 4. The molecule has 1 aromatic heterocycles. The van der Waals surface area contributed by atoms with Gasteiger partial charge in [-0.2, -0.15) is 15.3 Å². The first-order valence-corrected chi connectivity index (χ1v) is 7.95. The first kappa shape index (κ1) is 15.7. The third kappa shape index (κ3) is 4.17. The Labute approximate surface area is 135 Å². The first-order chi connectivity index (χ1) is 11.2. The number of aromatic nitrogens is 2. The molecule has 0 aromatic carbocycles. The van der Waals surface area contributed by atoms with Crippen molar-refractivity contribution in [3.63, 3.8) is 0 Å². The van der Waals surface area contributed by atoms with E-state index in [1.54, 1.807) is 4.68 Å². The predicted octanol–water partition coefficient (Wildman–Crippen LogP) is 1.47. The van der Waals surface area contributed by atoms with E-state index in [-0.39, 0.29) is 18.1 Å². The van der Waals surface area contributed by atoms with Gasteiger partial charge in [-0.3, -0.25) is 9.48 Å². The maximum absolute atomic E-state index is 12.0. The molecule has 1 aromatic rings. The standard InChI is InChI=1S/C16H21N5O2/c1-2-3-5-16(19-20-16)6-7-17-15(22)11-21-10-14(9-18-21)13-4-8-23-12-13/h1,9-10,13H,3-8,11-12H2,(H,17,22). The molecule has 1 fully saturated rings. The largest absolute Gasteiger partial charge is 0.381 e. The summed E-state index contributed by atoms with van der Waals surface area (Å²) in [4.78, 5) is 12.0. The summed E-state index contributed by atoms with van der Waals surface area (Å²) in [5.41, 5.74) is 0.792. The van der Waals surface area contributed by atoms with E-state index in [0.29, 0.717) is 25.3 Å². The molecule has 3 rings (SSSR count). The van der Waals surface area contributed by atoms with Crippen LogP contribution in [0.4, 0.5) is 0 Å². The highest BCUT2D eigenvalue weighted by Crippen LogP contribution is 2.36. The second-order valence-corrected chi connectivity index (χ2v) is 6.02. The molecule has 1 saturated heterocycles. The van der Waals surface area contributed by atoms with Gasteiger partial charge in [0.25, 0.3) is 0 Å². The summed E-state index contributed by atoms with van der Waals surface area (Å²) >= 11 is 0. The van der Waals surface area contributed by atoms with Crippen LogP contribution in [0, 0.1) is 12.3 Å². The minimum Gasteiger partial charge on any atom is -0.381 e. The highest BCUT2D eigenvalue weighted by molar-refractivity contribution is 5.75. The van der Waals surface area contributed by atoms with Gasteiger partial charge in [0, 0.05) is 44.5 Å². The Morgan fingerprint density at radius 2 is 2.39 bits per heavy atom. The topological polar surface area (TPSA) is 80.9 Å². The van der Waals surface area contributed by atoms with E-state index >= 15 is 0 Å². The number of nitrogens with one attached hydrogen (secondary N) is 1. The SMILES string of the molecule is C#CCCC1(CCNC(=O)Cn2cc(C3CCOC3)cn2)N=N1. The van der Waals surface area contributed by atoms with Crippen molar-refractivity contribution in [2.24, 2.45) is 10.2 Å². The summed E-state index contributed by atoms with van der Waals surface area (Å²) in [6.07, 6.45) is 12.1. The zero-order chi connectivity index (χ0) is 16.1. The highest BCUT2D eigenvalue weighted by Gasteiger charge is 2.38. The van der Waals surface area contributed by atoms with Crippen molar-refractivity contribution in [1.29, 1.82) is 0 Å². The number of carbonyl (C=O) groups excluding carboxylic acids is 1. The van der Waals surface area contributed by atoms with Crippen LogP contribution in [-0.2, 0) is 16.1 Å². The van der Waals surface area contributed by atoms with Crippen LogP contribution in [0.15, 0.2) is 22.6 Å². The van der Waals surface area contributed by atoms with Gasteiger partial charge in [-0.1, -0.05) is 0 Å². The number of ether oxygens (including phenoxy) is 1. The molecule has 0 saturated carbocycles. The van der Waals surface area contributed by atoms with Gasteiger partial charge in [0.2, 0.25) is 5.91 Å². The van der Waals surface area contributed by atoms with Crippen molar-refractivity contribution >= 4 is 5.91 Å². The van der Waals surface area contributed by atoms with Crippen LogP contribution >= 0.6 is 0 Å². The van der Waals surface area contributed by atoms with Crippen LogP contribution in [0.2, 0.25) is 0 Å². The molecule has 0 spiro atoms. The van der Waals surface area contributed by atoms with E-state index in [9.17, 15) is 4.79 Å². The summed E-state index contributed by atoms with van der Waals surface area (Å²) in [5, 5.41) is 15.2. The number of hydrogen-bond acceptors (Lipinski definition) is 5. The molecule has 7 heteroatoms. The van der Waals surface area contributed by atoms with E-state index in [1.165, 1.54) is 0 Å². The molecule has 3 heterocycles. The molecule has 23 heavy (non-hydrogen) atoms. The van der Waals surface area contributed by atoms with Gasteiger partial charge in [0.1, 0.15) is 6.54 Å². The lowest BCUT2D eigenvalue weighted by molar-refractivity contribution is -0.121. The summed E-state index contributed by atoms with van der Waals surface area (Å²) < 4.78 is 7.04. The van der Waals surface area contributed by atoms with Crippen molar-refractivity contribution < 1.29 is 9.53 Å². The van der Waals surface area contributed by atoms with Gasteiger partial charge in [-0.15, -0.1) is 12.3 Å². The third-order valence-corrected chi connectivity index (χ3v) is 4.26. The van der Waals surface area contributed by atoms with E-state index < -0.39 is 0 Å². The maximum Gasteiger partial charge on any atom is 0.241 e. The minimum atomic E-state index is -0.346. The lowest BCUT2D eigenvalue weighted by atomic mass is 10.0. The molecule has 2 aliphatic heterocycles. The molecule has 7 nitrogen and oxygen atoms in total. The second-order valence-electron chi connectivity index (χ2n) is 6.02. The highest BCUT2D eigenvalue weighted by atomic mass is 16.5. The van der Waals surface area contributed by atoms with Gasteiger partial charge in [-0.05, 0) is 12.0 Å². The molecule has 0 aliphatic carbocycles. The molecule has 0 bridgehead atoms. The first-order valence-electron chi connectivity index (χ1n) is 7.95. The van der Waals surface area contributed by atoms with Crippen LogP contribution in [0.5, 0.6) is 0 Å². The van der Waals surface area contributed by atoms with Crippen LogP contribution in [-0.4, -0.2) is 41.1 Å². The zero-order valence-corrected chi connectivity index (χ0v) is 13.1.